The van der Waals surface area contributed by atoms with E-state index in [0.29, 0.717) is 46.5 Å². The van der Waals surface area contributed by atoms with Gasteiger partial charge in [-0.25, -0.2) is 5.43 Å². The lowest BCUT2D eigenvalue weighted by molar-refractivity contribution is -0.136. The number of carbonyl (C=O) groups excluding carboxylic acids is 2. The SMILES string of the molecule is CCOc1cc(/C=N/NC(=O)C(=O)Nc2cccc(Cl)c2C)ccc1OCc1ccccc1C. The summed E-state index contributed by atoms with van der Waals surface area (Å²) in [6, 6.07) is 18.4. The molecule has 0 aliphatic rings. The van der Waals surface area contributed by atoms with E-state index in [1.807, 2.05) is 38.1 Å². The van der Waals surface area contributed by atoms with Crippen molar-refractivity contribution in [3.63, 3.8) is 0 Å². The van der Waals surface area contributed by atoms with Crippen LogP contribution in [0.3, 0.4) is 0 Å². The van der Waals surface area contributed by atoms with Crippen LogP contribution in [0.2, 0.25) is 5.02 Å². The highest BCUT2D eigenvalue weighted by atomic mass is 35.5. The first-order chi connectivity index (χ1) is 16.4. The second kappa shape index (κ2) is 11.9. The topological polar surface area (TPSA) is 89.0 Å². The van der Waals surface area contributed by atoms with Crippen LogP contribution >= 0.6 is 11.6 Å². The standard InChI is InChI=1S/C26H26ClN3O4/c1-4-33-24-14-19(12-13-23(24)34-16-20-9-6-5-8-17(20)2)15-28-30-26(32)25(31)29-22-11-7-10-21(27)18(22)3/h5-15H,4,16H2,1-3H3,(H,29,31)(H,30,32)/b28-15+. The Labute approximate surface area is 203 Å². The number of hydrogen-bond donors (Lipinski definition) is 2. The first-order valence-electron chi connectivity index (χ1n) is 10.7. The van der Waals surface area contributed by atoms with Crippen LogP contribution in [0.15, 0.2) is 65.8 Å². The van der Waals surface area contributed by atoms with Crippen LogP contribution in [-0.4, -0.2) is 24.6 Å². The van der Waals surface area contributed by atoms with E-state index in [0.717, 1.165) is 11.1 Å². The molecule has 7 nitrogen and oxygen atoms in total. The van der Waals surface area contributed by atoms with E-state index in [9.17, 15) is 9.59 Å². The van der Waals surface area contributed by atoms with E-state index in [4.69, 9.17) is 21.1 Å². The summed E-state index contributed by atoms with van der Waals surface area (Å²) in [5, 5.41) is 6.88. The molecule has 0 fully saturated rings. The molecule has 0 saturated heterocycles. The maximum atomic E-state index is 12.1. The summed E-state index contributed by atoms with van der Waals surface area (Å²) in [6.45, 7) is 6.54. The minimum atomic E-state index is -0.904. The summed E-state index contributed by atoms with van der Waals surface area (Å²) in [5.41, 5.74) is 6.24. The van der Waals surface area contributed by atoms with Gasteiger partial charge in [0.15, 0.2) is 11.5 Å². The number of ether oxygens (including phenoxy) is 2. The monoisotopic (exact) mass is 479 g/mol. The summed E-state index contributed by atoms with van der Waals surface area (Å²) in [4.78, 5) is 24.2. The molecular weight excluding hydrogens is 454 g/mol. The lowest BCUT2D eigenvalue weighted by Crippen LogP contribution is -2.32. The number of amides is 2. The summed E-state index contributed by atoms with van der Waals surface area (Å²) in [7, 11) is 0. The van der Waals surface area contributed by atoms with Gasteiger partial charge >= 0.3 is 11.8 Å². The van der Waals surface area contributed by atoms with Crippen molar-refractivity contribution in [1.29, 1.82) is 0 Å². The Morgan fingerprint density at radius 1 is 0.971 bits per heavy atom. The van der Waals surface area contributed by atoms with Crippen LogP contribution in [0, 0.1) is 13.8 Å². The van der Waals surface area contributed by atoms with Crippen molar-refractivity contribution >= 4 is 35.3 Å². The van der Waals surface area contributed by atoms with Crippen molar-refractivity contribution in [2.75, 3.05) is 11.9 Å². The average molecular weight is 480 g/mol. The van der Waals surface area contributed by atoms with Gasteiger partial charge in [0.05, 0.1) is 12.8 Å². The average Bonchev–Trinajstić information content (AvgIpc) is 2.82. The summed E-state index contributed by atoms with van der Waals surface area (Å²) < 4.78 is 11.7. The number of aryl methyl sites for hydroxylation is 1. The van der Waals surface area contributed by atoms with E-state index < -0.39 is 11.8 Å². The highest BCUT2D eigenvalue weighted by molar-refractivity contribution is 6.40. The maximum absolute atomic E-state index is 12.1. The Kier molecular flexibility index (Phi) is 8.65. The fourth-order valence-electron chi connectivity index (χ4n) is 3.06. The van der Waals surface area contributed by atoms with E-state index in [2.05, 4.69) is 15.8 Å². The first kappa shape index (κ1) is 24.8. The van der Waals surface area contributed by atoms with Crippen molar-refractivity contribution < 1.29 is 19.1 Å². The number of nitrogens with zero attached hydrogens (tertiary/aromatic N) is 1. The molecule has 0 atom stereocenters. The third kappa shape index (κ3) is 6.59. The molecule has 0 spiro atoms. The number of hydrazone groups is 1. The van der Waals surface area contributed by atoms with Gasteiger partial charge in [0, 0.05) is 10.7 Å². The number of rotatable bonds is 8. The number of carbonyl (C=O) groups is 2. The molecule has 0 bridgehead atoms. The first-order valence-corrected chi connectivity index (χ1v) is 11.1. The number of benzene rings is 3. The van der Waals surface area contributed by atoms with Crippen LogP contribution < -0.4 is 20.2 Å². The zero-order valence-electron chi connectivity index (χ0n) is 19.2. The van der Waals surface area contributed by atoms with E-state index in [1.165, 1.54) is 6.21 Å². The van der Waals surface area contributed by atoms with Crippen molar-refractivity contribution in [3.8, 4) is 11.5 Å². The summed E-state index contributed by atoms with van der Waals surface area (Å²) in [6.07, 6.45) is 1.42. The predicted octanol–water partition coefficient (Wildman–Crippen LogP) is 5.02. The van der Waals surface area contributed by atoms with Crippen LogP contribution in [0.1, 0.15) is 29.2 Å². The molecule has 2 N–H and O–H groups in total. The molecule has 0 saturated carbocycles. The fourth-order valence-corrected chi connectivity index (χ4v) is 3.23. The highest BCUT2D eigenvalue weighted by Gasteiger charge is 2.15. The highest BCUT2D eigenvalue weighted by Crippen LogP contribution is 2.29. The molecule has 0 aliphatic carbocycles. The molecule has 3 aromatic rings. The second-order valence-electron chi connectivity index (χ2n) is 7.42. The largest absolute Gasteiger partial charge is 0.490 e. The number of halogens is 1. The van der Waals surface area contributed by atoms with Crippen molar-refractivity contribution in [2.45, 2.75) is 27.4 Å². The van der Waals surface area contributed by atoms with Crippen LogP contribution in [0.5, 0.6) is 11.5 Å². The fraction of sp³-hybridized carbons (Fsp3) is 0.192. The lowest BCUT2D eigenvalue weighted by Gasteiger charge is -2.13. The van der Waals surface area contributed by atoms with Gasteiger partial charge in [-0.3, -0.25) is 9.59 Å². The molecule has 0 unspecified atom stereocenters. The molecule has 0 radical (unpaired) electrons. The molecule has 34 heavy (non-hydrogen) atoms. The third-order valence-electron chi connectivity index (χ3n) is 5.01. The molecule has 0 heterocycles. The summed E-state index contributed by atoms with van der Waals surface area (Å²) >= 11 is 6.04. The Hall–Kier alpha value is -3.84. The van der Waals surface area contributed by atoms with Crippen LogP contribution in [-0.2, 0) is 16.2 Å². The van der Waals surface area contributed by atoms with Gasteiger partial charge < -0.3 is 14.8 Å². The molecule has 0 aliphatic heterocycles. The summed E-state index contributed by atoms with van der Waals surface area (Å²) in [5.74, 6) is -0.598. The van der Waals surface area contributed by atoms with Gasteiger partial charge in [-0.1, -0.05) is 41.9 Å². The number of anilines is 1. The van der Waals surface area contributed by atoms with Crippen molar-refractivity contribution in [2.24, 2.45) is 5.10 Å². The Morgan fingerprint density at radius 2 is 1.76 bits per heavy atom. The van der Waals surface area contributed by atoms with Gasteiger partial charge in [0.25, 0.3) is 0 Å². The smallest absolute Gasteiger partial charge is 0.329 e. The van der Waals surface area contributed by atoms with E-state index in [1.54, 1.807) is 43.3 Å². The minimum absolute atomic E-state index is 0.414. The molecule has 8 heteroatoms. The predicted molar refractivity (Wildman–Crippen MR) is 134 cm³/mol. The van der Waals surface area contributed by atoms with E-state index >= 15 is 0 Å². The molecule has 176 valence electrons. The van der Waals surface area contributed by atoms with E-state index in [-0.39, 0.29) is 0 Å². The van der Waals surface area contributed by atoms with Gasteiger partial charge in [-0.2, -0.15) is 5.10 Å². The molecule has 0 aromatic heterocycles. The zero-order chi connectivity index (χ0) is 24.5. The maximum Gasteiger partial charge on any atom is 0.329 e. The Morgan fingerprint density at radius 3 is 2.53 bits per heavy atom. The molecule has 3 rings (SSSR count). The van der Waals surface area contributed by atoms with Crippen LogP contribution in [0.4, 0.5) is 5.69 Å². The quantitative estimate of drug-likeness (QED) is 0.269. The second-order valence-corrected chi connectivity index (χ2v) is 7.83. The Bertz CT molecular complexity index is 1210. The van der Waals surface area contributed by atoms with Gasteiger partial charge in [-0.05, 0) is 73.4 Å². The van der Waals surface area contributed by atoms with Gasteiger partial charge in [0.2, 0.25) is 0 Å². The number of hydrogen-bond acceptors (Lipinski definition) is 5. The van der Waals surface area contributed by atoms with Crippen molar-refractivity contribution in [1.82, 2.24) is 5.43 Å². The minimum Gasteiger partial charge on any atom is -0.490 e. The van der Waals surface area contributed by atoms with Gasteiger partial charge in [-0.15, -0.1) is 0 Å². The normalized spacial score (nSPS) is 10.7. The third-order valence-corrected chi connectivity index (χ3v) is 5.42. The lowest BCUT2D eigenvalue weighted by atomic mass is 10.1. The van der Waals surface area contributed by atoms with Gasteiger partial charge in [0.1, 0.15) is 6.61 Å². The molecular formula is C26H26ClN3O4. The molecule has 2 amide bonds. The zero-order valence-corrected chi connectivity index (χ0v) is 20.0. The van der Waals surface area contributed by atoms with Crippen LogP contribution in [0.25, 0.3) is 0 Å². The number of nitrogens with one attached hydrogen (secondary N) is 2. The van der Waals surface area contributed by atoms with Crippen molar-refractivity contribution in [3.05, 3.63) is 87.9 Å². The molecule has 3 aromatic carbocycles. The Balaban J connectivity index is 1.61.